The number of carbonyl (C=O) groups excluding carboxylic acids is 1. The molecule has 3 aromatic rings. The van der Waals surface area contributed by atoms with E-state index >= 15 is 0 Å². The Kier molecular flexibility index (Phi) is 7.21. The molecule has 2 N–H and O–H groups in total. The van der Waals surface area contributed by atoms with E-state index in [1.54, 1.807) is 53.3 Å². The summed E-state index contributed by atoms with van der Waals surface area (Å²) >= 11 is 0. The summed E-state index contributed by atoms with van der Waals surface area (Å²) in [4.78, 5) is 12.1. The van der Waals surface area contributed by atoms with Crippen molar-refractivity contribution in [3.63, 3.8) is 0 Å². The second kappa shape index (κ2) is 10.1. The van der Waals surface area contributed by atoms with Gasteiger partial charge < -0.3 is 19.5 Å². The van der Waals surface area contributed by atoms with Crippen LogP contribution in [-0.2, 0) is 14.8 Å². The van der Waals surface area contributed by atoms with Crippen LogP contribution in [0.2, 0.25) is 0 Å². The van der Waals surface area contributed by atoms with Crippen LogP contribution in [0.5, 0.6) is 17.2 Å². The van der Waals surface area contributed by atoms with Crippen LogP contribution >= 0.6 is 0 Å². The molecule has 10 nitrogen and oxygen atoms in total. The lowest BCUT2D eigenvalue weighted by Gasteiger charge is -2.12. The average molecular weight is 461 g/mol. The molecule has 32 heavy (non-hydrogen) atoms. The zero-order valence-electron chi connectivity index (χ0n) is 17.9. The number of rotatable bonds is 10. The molecule has 2 heterocycles. The van der Waals surface area contributed by atoms with Gasteiger partial charge in [-0.25, -0.2) is 12.9 Å². The number of ether oxygens (including phenoxy) is 3. The third kappa shape index (κ3) is 5.70. The van der Waals surface area contributed by atoms with E-state index in [0.717, 1.165) is 5.52 Å². The summed E-state index contributed by atoms with van der Waals surface area (Å²) in [6, 6.07) is 8.42. The van der Waals surface area contributed by atoms with Gasteiger partial charge in [-0.3, -0.25) is 9.52 Å². The van der Waals surface area contributed by atoms with Crippen molar-refractivity contribution in [2.45, 2.75) is 0 Å². The van der Waals surface area contributed by atoms with Gasteiger partial charge in [0, 0.05) is 25.0 Å². The van der Waals surface area contributed by atoms with Crippen molar-refractivity contribution >= 4 is 33.2 Å². The zero-order valence-corrected chi connectivity index (χ0v) is 18.7. The van der Waals surface area contributed by atoms with Gasteiger partial charge in [-0.15, -0.1) is 0 Å². The minimum Gasteiger partial charge on any atom is -0.493 e. The second-order valence-electron chi connectivity index (χ2n) is 6.62. The van der Waals surface area contributed by atoms with E-state index in [1.165, 1.54) is 27.4 Å². The number of carbonyl (C=O) groups is 1. The van der Waals surface area contributed by atoms with Crippen LogP contribution in [0.4, 0.5) is 5.69 Å². The number of fused-ring (bicyclic) bond motifs is 1. The highest BCUT2D eigenvalue weighted by Gasteiger charge is 2.13. The highest BCUT2D eigenvalue weighted by molar-refractivity contribution is 7.92. The van der Waals surface area contributed by atoms with Gasteiger partial charge in [-0.1, -0.05) is 0 Å². The molecule has 0 saturated carbocycles. The lowest BCUT2D eigenvalue weighted by molar-refractivity contribution is -0.116. The third-order valence-electron chi connectivity index (χ3n) is 4.46. The predicted octanol–water partition coefficient (Wildman–Crippen LogP) is 1.93. The SMILES string of the molecule is COc1cc(/C=C/C(=O)NCCS(=O)(=O)Nc2ccn3nccc3c2)cc(OC)c1OC. The van der Waals surface area contributed by atoms with Crippen LogP contribution in [0.3, 0.4) is 0 Å². The number of anilines is 1. The van der Waals surface area contributed by atoms with Crippen LogP contribution in [0.15, 0.2) is 48.8 Å². The molecular formula is C21H24N4O6S. The van der Waals surface area contributed by atoms with Crippen molar-refractivity contribution in [3.8, 4) is 17.2 Å². The molecule has 3 rings (SSSR count). The molecule has 0 spiro atoms. The quantitative estimate of drug-likeness (QED) is 0.444. The number of hydrogen-bond donors (Lipinski definition) is 2. The van der Waals surface area contributed by atoms with Crippen LogP contribution in [-0.4, -0.2) is 57.6 Å². The van der Waals surface area contributed by atoms with Crippen molar-refractivity contribution < 1.29 is 27.4 Å². The van der Waals surface area contributed by atoms with Crippen molar-refractivity contribution in [1.29, 1.82) is 0 Å². The van der Waals surface area contributed by atoms with E-state index in [-0.39, 0.29) is 12.3 Å². The number of sulfonamides is 1. The zero-order chi connectivity index (χ0) is 23.1. The van der Waals surface area contributed by atoms with Gasteiger partial charge in [0.1, 0.15) is 0 Å². The first-order valence-corrected chi connectivity index (χ1v) is 11.2. The van der Waals surface area contributed by atoms with E-state index < -0.39 is 15.9 Å². The number of benzene rings is 1. The normalized spacial score (nSPS) is 11.5. The van der Waals surface area contributed by atoms with Crippen LogP contribution in [0.25, 0.3) is 11.6 Å². The van der Waals surface area contributed by atoms with E-state index in [9.17, 15) is 13.2 Å². The summed E-state index contributed by atoms with van der Waals surface area (Å²) in [6.45, 7) is -0.0529. The maximum Gasteiger partial charge on any atom is 0.244 e. The van der Waals surface area contributed by atoms with Gasteiger partial charge >= 0.3 is 0 Å². The van der Waals surface area contributed by atoms with Gasteiger partial charge in [-0.05, 0) is 42.0 Å². The summed E-state index contributed by atoms with van der Waals surface area (Å²) < 4.78 is 44.5. The van der Waals surface area contributed by atoms with Crippen LogP contribution in [0, 0.1) is 0 Å². The molecule has 0 aliphatic rings. The first-order valence-electron chi connectivity index (χ1n) is 9.55. The first kappa shape index (κ1) is 22.9. The van der Waals surface area contributed by atoms with Gasteiger partial charge in [0.15, 0.2) is 11.5 Å². The summed E-state index contributed by atoms with van der Waals surface area (Å²) in [5.41, 5.74) is 1.83. The van der Waals surface area contributed by atoms with Crippen molar-refractivity contribution in [2.24, 2.45) is 0 Å². The highest BCUT2D eigenvalue weighted by atomic mass is 32.2. The van der Waals surface area contributed by atoms with E-state index in [0.29, 0.717) is 28.5 Å². The molecule has 0 aliphatic carbocycles. The maximum absolute atomic E-state index is 12.3. The van der Waals surface area contributed by atoms with Crippen molar-refractivity contribution in [3.05, 3.63) is 54.4 Å². The third-order valence-corrected chi connectivity index (χ3v) is 5.75. The standard InChI is InChI=1S/C21H24N4O6S/c1-29-18-12-15(13-19(30-2)21(18)31-3)4-5-20(26)22-9-11-32(27,28)24-16-7-10-25-17(14-16)6-8-23-25/h4-8,10,12-14,24H,9,11H2,1-3H3,(H,22,26)/b5-4+. The van der Waals surface area contributed by atoms with Gasteiger partial charge in [0.05, 0.1) is 38.3 Å². The molecule has 0 fully saturated rings. The van der Waals surface area contributed by atoms with Crippen molar-refractivity contribution in [2.75, 3.05) is 38.3 Å². The van der Waals surface area contributed by atoms with Gasteiger partial charge in [0.2, 0.25) is 21.7 Å². The number of nitrogens with one attached hydrogen (secondary N) is 2. The van der Waals surface area contributed by atoms with Gasteiger partial charge in [-0.2, -0.15) is 5.10 Å². The Balaban J connectivity index is 1.55. The second-order valence-corrected chi connectivity index (χ2v) is 8.46. The molecule has 1 aromatic carbocycles. The Morgan fingerprint density at radius 1 is 1.09 bits per heavy atom. The molecule has 2 aromatic heterocycles. The average Bonchev–Trinajstić information content (AvgIpc) is 3.24. The number of amides is 1. The summed E-state index contributed by atoms with van der Waals surface area (Å²) in [5, 5.41) is 6.61. The number of methoxy groups -OCH3 is 3. The summed E-state index contributed by atoms with van der Waals surface area (Å²) in [5.74, 6) is 0.647. The molecule has 11 heteroatoms. The highest BCUT2D eigenvalue weighted by Crippen LogP contribution is 2.38. The Morgan fingerprint density at radius 3 is 2.47 bits per heavy atom. The number of hydrogen-bond acceptors (Lipinski definition) is 7. The Morgan fingerprint density at radius 2 is 1.81 bits per heavy atom. The Bertz CT molecular complexity index is 1210. The van der Waals surface area contributed by atoms with Crippen LogP contribution in [0.1, 0.15) is 5.56 Å². The molecule has 0 bridgehead atoms. The summed E-state index contributed by atoms with van der Waals surface area (Å²) in [6.07, 6.45) is 6.14. The van der Waals surface area contributed by atoms with E-state index in [2.05, 4.69) is 15.1 Å². The minimum atomic E-state index is -3.64. The molecule has 0 unspecified atom stereocenters. The maximum atomic E-state index is 12.3. The fraction of sp³-hybridized carbons (Fsp3) is 0.238. The summed E-state index contributed by atoms with van der Waals surface area (Å²) in [7, 11) is 0.861. The number of pyridine rings is 1. The molecule has 170 valence electrons. The predicted molar refractivity (Wildman–Crippen MR) is 121 cm³/mol. The van der Waals surface area contributed by atoms with E-state index in [4.69, 9.17) is 14.2 Å². The Hall–Kier alpha value is -3.73. The van der Waals surface area contributed by atoms with Crippen molar-refractivity contribution in [1.82, 2.24) is 14.9 Å². The molecule has 0 atom stereocenters. The van der Waals surface area contributed by atoms with Crippen LogP contribution < -0.4 is 24.2 Å². The fourth-order valence-electron chi connectivity index (χ4n) is 2.95. The lowest BCUT2D eigenvalue weighted by Crippen LogP contribution is -2.30. The van der Waals surface area contributed by atoms with Gasteiger partial charge in [0.25, 0.3) is 0 Å². The topological polar surface area (TPSA) is 120 Å². The number of nitrogens with zero attached hydrogens (tertiary/aromatic N) is 2. The van der Waals surface area contributed by atoms with E-state index in [1.807, 2.05) is 0 Å². The minimum absolute atomic E-state index is 0.0529. The smallest absolute Gasteiger partial charge is 0.244 e. The molecule has 0 radical (unpaired) electrons. The largest absolute Gasteiger partial charge is 0.493 e. The molecule has 0 aliphatic heterocycles. The molecular weight excluding hydrogens is 436 g/mol. The Labute approximate surface area is 185 Å². The molecule has 0 saturated heterocycles. The lowest BCUT2D eigenvalue weighted by atomic mass is 10.1. The number of aromatic nitrogens is 2. The molecule has 1 amide bonds. The first-order chi connectivity index (χ1) is 15.3. The fourth-order valence-corrected chi connectivity index (χ4v) is 3.91. The monoisotopic (exact) mass is 460 g/mol.